The molecule has 1 saturated heterocycles. The van der Waals surface area contributed by atoms with E-state index in [4.69, 9.17) is 22.7 Å². The summed E-state index contributed by atoms with van der Waals surface area (Å²) in [6.07, 6.45) is 1.31. The molecule has 0 bridgehead atoms. The van der Waals surface area contributed by atoms with Crippen LogP contribution in [0.2, 0.25) is 0 Å². The van der Waals surface area contributed by atoms with Crippen molar-refractivity contribution in [1.82, 2.24) is 4.90 Å². The van der Waals surface area contributed by atoms with E-state index in [1.165, 1.54) is 12.1 Å². The smallest absolute Gasteiger partial charge is 0.124 e. The number of thiocarbonyl (C=S) groups is 1. The molecule has 5 heteroatoms. The number of hydrogen-bond acceptors (Lipinski definition) is 3. The van der Waals surface area contributed by atoms with Crippen LogP contribution in [-0.4, -0.2) is 36.2 Å². The molecular weight excluding hydrogens is 251 g/mol. The zero-order valence-corrected chi connectivity index (χ0v) is 11.2. The van der Waals surface area contributed by atoms with Crippen molar-refractivity contribution >= 4 is 17.2 Å². The molecule has 1 atom stereocenters. The second-order valence-corrected chi connectivity index (χ2v) is 5.03. The summed E-state index contributed by atoms with van der Waals surface area (Å²) >= 11 is 4.88. The van der Waals surface area contributed by atoms with Gasteiger partial charge in [0.15, 0.2) is 0 Å². The molecule has 0 spiro atoms. The van der Waals surface area contributed by atoms with Crippen molar-refractivity contribution in [3.8, 4) is 0 Å². The summed E-state index contributed by atoms with van der Waals surface area (Å²) in [6, 6.07) is 4.75. The Morgan fingerprint density at radius 2 is 2.33 bits per heavy atom. The molecule has 1 aliphatic rings. The van der Waals surface area contributed by atoms with Crippen LogP contribution in [-0.2, 0) is 11.3 Å². The maximum atomic E-state index is 13.4. The van der Waals surface area contributed by atoms with Crippen LogP contribution >= 0.6 is 12.2 Å². The first-order chi connectivity index (χ1) is 8.58. The summed E-state index contributed by atoms with van der Waals surface area (Å²) in [5.74, 6) is -0.294. The number of hydrogen-bond donors (Lipinski definition) is 1. The summed E-state index contributed by atoms with van der Waals surface area (Å²) in [7, 11) is 1.72. The molecule has 0 aliphatic carbocycles. The Labute approximate surface area is 112 Å². The summed E-state index contributed by atoms with van der Waals surface area (Å²) in [5, 5.41) is 0. The Bertz CT molecular complexity index is 453. The van der Waals surface area contributed by atoms with Crippen molar-refractivity contribution in [3.63, 3.8) is 0 Å². The van der Waals surface area contributed by atoms with Crippen LogP contribution in [0.25, 0.3) is 0 Å². The lowest BCUT2D eigenvalue weighted by Gasteiger charge is -2.16. The number of halogens is 1. The molecule has 1 aliphatic heterocycles. The first kappa shape index (κ1) is 13.4. The molecule has 1 aromatic carbocycles. The van der Waals surface area contributed by atoms with E-state index >= 15 is 0 Å². The van der Waals surface area contributed by atoms with Crippen LogP contribution in [0, 0.1) is 5.82 Å². The molecule has 0 saturated carbocycles. The van der Waals surface area contributed by atoms with Crippen molar-refractivity contribution in [2.24, 2.45) is 5.73 Å². The number of likely N-dealkylation sites (tertiary alicyclic amines) is 1. The molecule has 1 unspecified atom stereocenters. The Balaban J connectivity index is 2.07. The Kier molecular flexibility index (Phi) is 4.27. The van der Waals surface area contributed by atoms with Crippen molar-refractivity contribution in [2.75, 3.05) is 20.2 Å². The first-order valence-electron chi connectivity index (χ1n) is 5.93. The molecule has 1 fully saturated rings. The normalized spacial score (nSPS) is 20.2. The largest absolute Gasteiger partial charge is 0.389 e. The standard InChI is InChI=1S/C13H17FN2OS/c1-17-12-2-3-16(8-12)7-9-4-10(13(15)18)6-11(14)5-9/h4-6,12H,2-3,7-8H2,1H3,(H2,15,18). The van der Waals surface area contributed by atoms with E-state index < -0.39 is 0 Å². The average molecular weight is 268 g/mol. The van der Waals surface area contributed by atoms with Gasteiger partial charge in [0.2, 0.25) is 0 Å². The van der Waals surface area contributed by atoms with Crippen molar-refractivity contribution in [3.05, 3.63) is 35.1 Å². The van der Waals surface area contributed by atoms with Crippen molar-refractivity contribution < 1.29 is 9.13 Å². The average Bonchev–Trinajstić information content (AvgIpc) is 2.76. The molecule has 18 heavy (non-hydrogen) atoms. The second kappa shape index (κ2) is 5.73. The quantitative estimate of drug-likeness (QED) is 0.843. The fourth-order valence-electron chi connectivity index (χ4n) is 2.28. The third kappa shape index (κ3) is 3.25. The van der Waals surface area contributed by atoms with Crippen molar-refractivity contribution in [1.29, 1.82) is 0 Å². The molecule has 1 heterocycles. The van der Waals surface area contributed by atoms with Crippen LogP contribution in [0.5, 0.6) is 0 Å². The predicted octanol–water partition coefficient (Wildman–Crippen LogP) is 1.68. The number of nitrogens with two attached hydrogens (primary N) is 1. The minimum Gasteiger partial charge on any atom is -0.389 e. The van der Waals surface area contributed by atoms with Crippen LogP contribution in [0.1, 0.15) is 17.5 Å². The lowest BCUT2D eigenvalue weighted by atomic mass is 10.1. The number of ether oxygens (including phenoxy) is 1. The highest BCUT2D eigenvalue weighted by Gasteiger charge is 2.22. The third-order valence-corrected chi connectivity index (χ3v) is 3.45. The number of methoxy groups -OCH3 is 1. The highest BCUT2D eigenvalue weighted by Crippen LogP contribution is 2.17. The summed E-state index contributed by atoms with van der Waals surface area (Å²) in [5.41, 5.74) is 7.02. The minimum atomic E-state index is -0.294. The molecule has 3 nitrogen and oxygen atoms in total. The number of benzene rings is 1. The molecule has 2 N–H and O–H groups in total. The summed E-state index contributed by atoms with van der Waals surface area (Å²) in [4.78, 5) is 2.47. The minimum absolute atomic E-state index is 0.229. The number of rotatable bonds is 4. The van der Waals surface area contributed by atoms with Gasteiger partial charge >= 0.3 is 0 Å². The highest BCUT2D eigenvalue weighted by atomic mass is 32.1. The zero-order chi connectivity index (χ0) is 13.1. The highest BCUT2D eigenvalue weighted by molar-refractivity contribution is 7.80. The van der Waals surface area contributed by atoms with E-state index in [1.54, 1.807) is 7.11 Å². The van der Waals surface area contributed by atoms with Crippen LogP contribution in [0.3, 0.4) is 0 Å². The van der Waals surface area contributed by atoms with Gasteiger partial charge < -0.3 is 10.5 Å². The van der Waals surface area contributed by atoms with Crippen molar-refractivity contribution in [2.45, 2.75) is 19.1 Å². The molecule has 2 rings (SSSR count). The summed E-state index contributed by atoms with van der Waals surface area (Å²) in [6.45, 7) is 2.56. The van der Waals surface area contributed by atoms with E-state index in [2.05, 4.69) is 4.90 Å². The van der Waals surface area contributed by atoms with E-state index in [9.17, 15) is 4.39 Å². The predicted molar refractivity (Wildman–Crippen MR) is 73.0 cm³/mol. The third-order valence-electron chi connectivity index (χ3n) is 3.21. The second-order valence-electron chi connectivity index (χ2n) is 4.59. The van der Waals surface area contributed by atoms with Gasteiger partial charge in [-0.3, -0.25) is 4.90 Å². The first-order valence-corrected chi connectivity index (χ1v) is 6.33. The van der Waals surface area contributed by atoms with E-state index in [0.717, 1.165) is 25.1 Å². The maximum absolute atomic E-state index is 13.4. The Morgan fingerprint density at radius 1 is 1.56 bits per heavy atom. The van der Waals surface area contributed by atoms with Crippen LogP contribution < -0.4 is 5.73 Å². The fraction of sp³-hybridized carbons (Fsp3) is 0.462. The lowest BCUT2D eigenvalue weighted by molar-refractivity contribution is 0.107. The van der Waals surface area contributed by atoms with Gasteiger partial charge in [-0.15, -0.1) is 0 Å². The van der Waals surface area contributed by atoms with Gasteiger partial charge in [0.1, 0.15) is 10.8 Å². The molecule has 1 aromatic rings. The van der Waals surface area contributed by atoms with Gasteiger partial charge in [0.05, 0.1) is 6.10 Å². The summed E-state index contributed by atoms with van der Waals surface area (Å²) < 4.78 is 18.8. The number of nitrogens with zero attached hydrogens (tertiary/aromatic N) is 1. The van der Waals surface area contributed by atoms with Gasteiger partial charge in [-0.1, -0.05) is 12.2 Å². The van der Waals surface area contributed by atoms with E-state index in [-0.39, 0.29) is 16.9 Å². The topological polar surface area (TPSA) is 38.5 Å². The molecule has 0 aromatic heterocycles. The van der Waals surface area contributed by atoms with Gasteiger partial charge in [0, 0.05) is 32.3 Å². The Hall–Kier alpha value is -1.04. The van der Waals surface area contributed by atoms with E-state index in [1.807, 2.05) is 6.07 Å². The van der Waals surface area contributed by atoms with E-state index in [0.29, 0.717) is 12.1 Å². The Morgan fingerprint density at radius 3 is 2.94 bits per heavy atom. The molecule has 0 radical (unpaired) electrons. The monoisotopic (exact) mass is 268 g/mol. The maximum Gasteiger partial charge on any atom is 0.124 e. The molecule has 0 amide bonds. The molecule has 98 valence electrons. The zero-order valence-electron chi connectivity index (χ0n) is 10.4. The molecular formula is C13H17FN2OS. The van der Waals surface area contributed by atoms with Gasteiger partial charge in [-0.05, 0) is 30.2 Å². The van der Waals surface area contributed by atoms with Crippen LogP contribution in [0.4, 0.5) is 4.39 Å². The van der Waals surface area contributed by atoms with Gasteiger partial charge in [0.25, 0.3) is 0 Å². The van der Waals surface area contributed by atoms with Gasteiger partial charge in [-0.25, -0.2) is 4.39 Å². The van der Waals surface area contributed by atoms with Crippen LogP contribution in [0.15, 0.2) is 18.2 Å². The lowest BCUT2D eigenvalue weighted by Crippen LogP contribution is -2.22. The fourth-order valence-corrected chi connectivity index (χ4v) is 2.39. The SMILES string of the molecule is COC1CCN(Cc2cc(F)cc(C(N)=S)c2)C1. The van der Waals surface area contributed by atoms with Gasteiger partial charge in [-0.2, -0.15) is 0 Å².